The number of carbonyl (C=O) groups is 2. The third-order valence-electron chi connectivity index (χ3n) is 7.10. The predicted molar refractivity (Wildman–Crippen MR) is 147 cm³/mol. The van der Waals surface area contributed by atoms with Gasteiger partial charge in [-0.2, -0.15) is 0 Å². The van der Waals surface area contributed by atoms with Crippen LogP contribution in [0, 0.1) is 17.8 Å². The number of benzene rings is 1. The number of ether oxygens (including phenoxy) is 2. The molecule has 1 aromatic carbocycles. The van der Waals surface area contributed by atoms with Crippen molar-refractivity contribution in [3.05, 3.63) is 29.3 Å². The molecule has 37 heavy (non-hydrogen) atoms. The van der Waals surface area contributed by atoms with Crippen molar-refractivity contribution in [2.45, 2.75) is 66.0 Å². The van der Waals surface area contributed by atoms with E-state index in [1.54, 1.807) is 19.1 Å². The number of hydrogen-bond donors (Lipinski definition) is 2. The van der Waals surface area contributed by atoms with Gasteiger partial charge in [0.25, 0.3) is 11.8 Å². The summed E-state index contributed by atoms with van der Waals surface area (Å²) in [6.07, 6.45) is 1.11. The summed E-state index contributed by atoms with van der Waals surface area (Å²) in [6.45, 7) is 14.1. The average molecular weight is 520 g/mol. The lowest BCUT2D eigenvalue weighted by atomic mass is 9.93. The maximum atomic E-state index is 13.7. The minimum Gasteiger partial charge on any atom is -0.493 e. The summed E-state index contributed by atoms with van der Waals surface area (Å²) in [7, 11) is 3.43. The van der Waals surface area contributed by atoms with Crippen LogP contribution in [-0.4, -0.2) is 92.4 Å². The second kappa shape index (κ2) is 15.3. The summed E-state index contributed by atoms with van der Waals surface area (Å²) in [5, 5.41) is 13.7. The van der Waals surface area contributed by atoms with Gasteiger partial charge in [-0.1, -0.05) is 26.8 Å². The largest absolute Gasteiger partial charge is 0.493 e. The van der Waals surface area contributed by atoms with Crippen molar-refractivity contribution in [1.82, 2.24) is 15.1 Å². The van der Waals surface area contributed by atoms with E-state index < -0.39 is 6.10 Å². The second-order valence-corrected chi connectivity index (χ2v) is 11.0. The Morgan fingerprint density at radius 3 is 2.38 bits per heavy atom. The van der Waals surface area contributed by atoms with Gasteiger partial charge in [0.2, 0.25) is 0 Å². The van der Waals surface area contributed by atoms with Crippen LogP contribution < -0.4 is 10.1 Å². The quantitative estimate of drug-likeness (QED) is 0.346. The molecular weight excluding hydrogens is 470 g/mol. The molecule has 0 radical (unpaired) electrons. The lowest BCUT2D eigenvalue weighted by Crippen LogP contribution is -2.45. The molecule has 1 aromatic rings. The van der Waals surface area contributed by atoms with E-state index in [4.69, 9.17) is 9.47 Å². The van der Waals surface area contributed by atoms with Gasteiger partial charge in [-0.25, -0.2) is 0 Å². The fourth-order valence-electron chi connectivity index (χ4n) is 4.90. The van der Waals surface area contributed by atoms with Gasteiger partial charge in [-0.3, -0.25) is 9.59 Å². The topological polar surface area (TPSA) is 91.3 Å². The molecule has 0 aromatic heterocycles. The highest BCUT2D eigenvalue weighted by Crippen LogP contribution is 2.25. The first kappa shape index (κ1) is 31.1. The number of methoxy groups -OCH3 is 1. The van der Waals surface area contributed by atoms with Crippen molar-refractivity contribution in [1.29, 1.82) is 0 Å². The van der Waals surface area contributed by atoms with E-state index in [9.17, 15) is 14.7 Å². The lowest BCUT2D eigenvalue weighted by Gasteiger charge is -2.33. The molecule has 2 amide bonds. The number of aliphatic hydroxyl groups is 1. The third-order valence-corrected chi connectivity index (χ3v) is 7.10. The third kappa shape index (κ3) is 9.27. The summed E-state index contributed by atoms with van der Waals surface area (Å²) in [5.41, 5.74) is 1.71. The Morgan fingerprint density at radius 2 is 1.78 bits per heavy atom. The molecule has 0 bridgehead atoms. The summed E-state index contributed by atoms with van der Waals surface area (Å²) in [4.78, 5) is 29.9. The van der Waals surface area contributed by atoms with E-state index in [2.05, 4.69) is 12.2 Å². The monoisotopic (exact) mass is 519 g/mol. The van der Waals surface area contributed by atoms with Gasteiger partial charge in [0.05, 0.1) is 6.61 Å². The zero-order valence-electron chi connectivity index (χ0n) is 24.0. The van der Waals surface area contributed by atoms with Gasteiger partial charge in [-0.15, -0.1) is 0 Å². The summed E-state index contributed by atoms with van der Waals surface area (Å²) < 4.78 is 11.1. The molecule has 2 rings (SSSR count). The molecule has 2 N–H and O–H groups in total. The van der Waals surface area contributed by atoms with E-state index in [1.165, 1.54) is 0 Å². The molecule has 8 heteroatoms. The van der Waals surface area contributed by atoms with Gasteiger partial charge in [-0.05, 0) is 62.1 Å². The smallest absolute Gasteiger partial charge is 0.254 e. The van der Waals surface area contributed by atoms with Crippen LogP contribution in [0.4, 0.5) is 0 Å². The number of aryl methyl sites for hydroxylation is 1. The minimum atomic E-state index is -0.969. The standard InChI is InChI=1S/C29H49N3O5/c1-8-22-10-11-23(15-27(22)37-13-9-12-36-7)28(34)32(21(4)5)19-25-17-30-16-24(25)18-31(6)29(35)26(33)14-20(2)3/h10-11,15,20-21,24-26,30,33H,8-9,12-14,16-19H2,1-7H3/t24-,25-,26-/m0/s1. The molecule has 8 nitrogen and oxygen atoms in total. The van der Waals surface area contributed by atoms with E-state index in [0.717, 1.165) is 37.2 Å². The van der Waals surface area contributed by atoms with E-state index in [0.29, 0.717) is 38.3 Å². The van der Waals surface area contributed by atoms with Crippen molar-refractivity contribution in [2.24, 2.45) is 17.8 Å². The van der Waals surface area contributed by atoms with Crippen LogP contribution in [0.3, 0.4) is 0 Å². The Morgan fingerprint density at radius 1 is 1.11 bits per heavy atom. The van der Waals surface area contributed by atoms with E-state index >= 15 is 0 Å². The molecule has 1 saturated heterocycles. The van der Waals surface area contributed by atoms with E-state index in [1.807, 2.05) is 50.8 Å². The molecule has 1 fully saturated rings. The summed E-state index contributed by atoms with van der Waals surface area (Å²) in [5.74, 6) is 1.18. The number of rotatable bonds is 15. The highest BCUT2D eigenvalue weighted by atomic mass is 16.5. The maximum Gasteiger partial charge on any atom is 0.254 e. The van der Waals surface area contributed by atoms with Crippen LogP contribution >= 0.6 is 0 Å². The molecule has 0 saturated carbocycles. The van der Waals surface area contributed by atoms with Gasteiger partial charge in [0.15, 0.2) is 0 Å². The van der Waals surface area contributed by atoms with Gasteiger partial charge >= 0.3 is 0 Å². The molecule has 1 aliphatic heterocycles. The number of carbonyl (C=O) groups excluding carboxylic acids is 2. The first-order chi connectivity index (χ1) is 17.6. The molecule has 0 spiro atoms. The zero-order chi connectivity index (χ0) is 27.5. The Hall–Kier alpha value is -2.16. The molecule has 1 heterocycles. The molecule has 3 atom stereocenters. The molecule has 0 unspecified atom stereocenters. The average Bonchev–Trinajstić information content (AvgIpc) is 3.29. The molecule has 0 aliphatic carbocycles. The molecule has 1 aliphatic rings. The number of nitrogens with zero attached hydrogens (tertiary/aromatic N) is 2. The lowest BCUT2D eigenvalue weighted by molar-refractivity contribution is -0.140. The Balaban J connectivity index is 2.10. The highest BCUT2D eigenvalue weighted by Gasteiger charge is 2.34. The second-order valence-electron chi connectivity index (χ2n) is 11.0. The van der Waals surface area contributed by atoms with Crippen LogP contribution in [0.2, 0.25) is 0 Å². The zero-order valence-corrected chi connectivity index (χ0v) is 24.0. The fraction of sp³-hybridized carbons (Fsp3) is 0.724. The maximum absolute atomic E-state index is 13.7. The van der Waals surface area contributed by atoms with Crippen molar-refractivity contribution >= 4 is 11.8 Å². The first-order valence-electron chi connectivity index (χ1n) is 13.8. The normalized spacial score (nSPS) is 18.3. The van der Waals surface area contributed by atoms with Gasteiger partial charge < -0.3 is 29.7 Å². The van der Waals surface area contributed by atoms with E-state index in [-0.39, 0.29) is 35.6 Å². The van der Waals surface area contributed by atoms with Crippen molar-refractivity contribution in [3.8, 4) is 5.75 Å². The number of likely N-dealkylation sites (N-methyl/N-ethyl adjacent to an activating group) is 1. The van der Waals surface area contributed by atoms with Crippen molar-refractivity contribution in [3.63, 3.8) is 0 Å². The summed E-state index contributed by atoms with van der Waals surface area (Å²) in [6, 6.07) is 5.78. The molecule has 210 valence electrons. The Labute approximate surface area is 223 Å². The SMILES string of the molecule is CCc1ccc(C(=O)N(C[C@@H]2CNC[C@H]2CN(C)C(=O)[C@@H](O)CC(C)C)C(C)C)cc1OCCCOC. The Bertz CT molecular complexity index is 860. The van der Waals surface area contributed by atoms with Crippen LogP contribution in [0.25, 0.3) is 0 Å². The molecular formula is C29H49N3O5. The number of hydrogen-bond acceptors (Lipinski definition) is 6. The predicted octanol–water partition coefficient (Wildman–Crippen LogP) is 3.22. The minimum absolute atomic E-state index is 0.0122. The Kier molecular flexibility index (Phi) is 12.8. The van der Waals surface area contributed by atoms with Crippen LogP contribution in [-0.2, 0) is 16.0 Å². The van der Waals surface area contributed by atoms with Crippen LogP contribution in [0.1, 0.15) is 63.4 Å². The number of aliphatic hydroxyl groups excluding tert-OH is 1. The van der Waals surface area contributed by atoms with Crippen molar-refractivity contribution < 1.29 is 24.2 Å². The highest BCUT2D eigenvalue weighted by molar-refractivity contribution is 5.95. The van der Waals surface area contributed by atoms with Crippen LogP contribution in [0.15, 0.2) is 18.2 Å². The summed E-state index contributed by atoms with van der Waals surface area (Å²) >= 11 is 0. The number of nitrogens with one attached hydrogen (secondary N) is 1. The fourth-order valence-corrected chi connectivity index (χ4v) is 4.90. The first-order valence-corrected chi connectivity index (χ1v) is 13.8. The van der Waals surface area contributed by atoms with Gasteiger partial charge in [0, 0.05) is 65.0 Å². The van der Waals surface area contributed by atoms with Gasteiger partial charge in [0.1, 0.15) is 11.9 Å². The van der Waals surface area contributed by atoms with Crippen molar-refractivity contribution in [2.75, 3.05) is 53.6 Å². The number of amides is 2. The van der Waals surface area contributed by atoms with Crippen LogP contribution in [0.5, 0.6) is 5.75 Å².